The van der Waals surface area contributed by atoms with Gasteiger partial charge in [0, 0.05) is 6.54 Å². The van der Waals surface area contributed by atoms with Crippen LogP contribution in [0.5, 0.6) is 5.75 Å². The number of nitrogens with one attached hydrogen (secondary N) is 1. The van der Waals surface area contributed by atoms with Crippen molar-refractivity contribution >= 4 is 17.0 Å². The number of hydrogen-bond donors (Lipinski definition) is 1. The number of aryl methyl sites for hydroxylation is 1. The third-order valence-corrected chi connectivity index (χ3v) is 4.90. The maximum atomic E-state index is 13.3. The number of likely N-dealkylation sites (tertiary alicyclic amines) is 1. The van der Waals surface area contributed by atoms with E-state index in [-0.39, 0.29) is 28.6 Å². The summed E-state index contributed by atoms with van der Waals surface area (Å²) in [6, 6.07) is 7.70. The van der Waals surface area contributed by atoms with Crippen molar-refractivity contribution < 1.29 is 13.9 Å². The van der Waals surface area contributed by atoms with Crippen LogP contribution in [0.15, 0.2) is 39.8 Å². The van der Waals surface area contributed by atoms with Crippen LogP contribution in [0.4, 0.5) is 0 Å². The molecule has 0 aliphatic carbocycles. The van der Waals surface area contributed by atoms with E-state index >= 15 is 0 Å². The van der Waals surface area contributed by atoms with Crippen LogP contribution in [0.2, 0.25) is 0 Å². The van der Waals surface area contributed by atoms with E-state index in [9.17, 15) is 9.59 Å². The maximum Gasteiger partial charge on any atom is 0.262 e. The van der Waals surface area contributed by atoms with Crippen molar-refractivity contribution in [3.63, 3.8) is 0 Å². The van der Waals surface area contributed by atoms with E-state index in [1.807, 2.05) is 29.2 Å². The summed E-state index contributed by atoms with van der Waals surface area (Å²) >= 11 is 0. The Morgan fingerprint density at radius 1 is 1.35 bits per heavy atom. The zero-order valence-corrected chi connectivity index (χ0v) is 14.6. The third kappa shape index (κ3) is 2.56. The molecule has 1 unspecified atom stereocenters. The van der Waals surface area contributed by atoms with Gasteiger partial charge in [-0.3, -0.25) is 9.59 Å². The summed E-state index contributed by atoms with van der Waals surface area (Å²) in [5.74, 6) is 0.992. The molecule has 3 aromatic rings. The summed E-state index contributed by atoms with van der Waals surface area (Å²) < 4.78 is 10.7. The van der Waals surface area contributed by atoms with Gasteiger partial charge < -0.3 is 19.0 Å². The number of benzene rings is 1. The predicted molar refractivity (Wildman–Crippen MR) is 95.4 cm³/mol. The summed E-state index contributed by atoms with van der Waals surface area (Å²) in [5, 5.41) is 0.218. The second-order valence-corrected chi connectivity index (χ2v) is 6.37. The molecule has 2 aromatic heterocycles. The number of amides is 1. The monoisotopic (exact) mass is 353 g/mol. The fourth-order valence-electron chi connectivity index (χ4n) is 3.64. The molecule has 1 aliphatic rings. The molecule has 1 atom stereocenters. The average Bonchev–Trinajstić information content (AvgIpc) is 3.26. The first kappa shape index (κ1) is 16.4. The molecule has 0 spiro atoms. The Kier molecular flexibility index (Phi) is 3.99. The number of hydrogen-bond acceptors (Lipinski definition) is 5. The second-order valence-electron chi connectivity index (χ2n) is 6.37. The number of carbonyl (C=O) groups is 1. The molecule has 0 saturated carbocycles. The average molecular weight is 353 g/mol. The molecule has 134 valence electrons. The highest BCUT2D eigenvalue weighted by atomic mass is 16.5. The van der Waals surface area contributed by atoms with Crippen LogP contribution in [-0.2, 0) is 0 Å². The molecule has 0 bridgehead atoms. The van der Waals surface area contributed by atoms with Gasteiger partial charge in [0.05, 0.1) is 25.0 Å². The summed E-state index contributed by atoms with van der Waals surface area (Å²) in [6.07, 6.45) is 3.06. The van der Waals surface area contributed by atoms with Gasteiger partial charge in [0.25, 0.3) is 11.5 Å². The molecule has 1 aromatic carbocycles. The standard InChI is InChI=1S/C19H19N3O4/c1-11-15(16-17(23)20-10-21-18(16)26-11)19(24)22-9-3-4-14(22)12-5-7-13(25-2)8-6-12/h5-8,10,14H,3-4,9H2,1-2H3,(H,20,21,23). The highest BCUT2D eigenvalue weighted by Crippen LogP contribution is 2.35. The zero-order valence-electron chi connectivity index (χ0n) is 14.6. The number of carbonyl (C=O) groups excluding carboxylic acids is 1. The lowest BCUT2D eigenvalue weighted by atomic mass is 10.0. The molecule has 7 heteroatoms. The molecule has 26 heavy (non-hydrogen) atoms. The Labute approximate surface area is 149 Å². The Balaban J connectivity index is 1.73. The summed E-state index contributed by atoms with van der Waals surface area (Å²) in [6.45, 7) is 2.33. The van der Waals surface area contributed by atoms with Gasteiger partial charge in [0.15, 0.2) is 0 Å². The minimum absolute atomic E-state index is 0.0338. The molecule has 3 heterocycles. The number of aromatic amines is 1. The van der Waals surface area contributed by atoms with Crippen molar-refractivity contribution in [3.05, 3.63) is 57.8 Å². The Hall–Kier alpha value is -3.09. The second kappa shape index (κ2) is 6.33. The van der Waals surface area contributed by atoms with Crippen molar-refractivity contribution in [1.29, 1.82) is 0 Å². The number of aromatic nitrogens is 2. The molecule has 4 rings (SSSR count). The number of fused-ring (bicyclic) bond motifs is 1. The number of methoxy groups -OCH3 is 1. The fraction of sp³-hybridized carbons (Fsp3) is 0.316. The quantitative estimate of drug-likeness (QED) is 0.782. The van der Waals surface area contributed by atoms with Crippen LogP contribution in [-0.4, -0.2) is 34.4 Å². The maximum absolute atomic E-state index is 13.3. The topological polar surface area (TPSA) is 88.4 Å². The number of rotatable bonds is 3. The first-order valence-electron chi connectivity index (χ1n) is 8.52. The van der Waals surface area contributed by atoms with Crippen LogP contribution in [0.3, 0.4) is 0 Å². The number of H-pyrrole nitrogens is 1. The van der Waals surface area contributed by atoms with Crippen LogP contribution < -0.4 is 10.3 Å². The first-order valence-corrected chi connectivity index (χ1v) is 8.52. The van der Waals surface area contributed by atoms with Gasteiger partial charge in [-0.05, 0) is 37.5 Å². The van der Waals surface area contributed by atoms with Crippen molar-refractivity contribution in [1.82, 2.24) is 14.9 Å². The zero-order chi connectivity index (χ0) is 18.3. The van der Waals surface area contributed by atoms with E-state index in [1.165, 1.54) is 6.33 Å². The Morgan fingerprint density at radius 3 is 2.85 bits per heavy atom. The summed E-state index contributed by atoms with van der Waals surface area (Å²) in [7, 11) is 1.62. The Morgan fingerprint density at radius 2 is 2.12 bits per heavy atom. The normalized spacial score (nSPS) is 17.0. The van der Waals surface area contributed by atoms with Gasteiger partial charge in [-0.25, -0.2) is 4.98 Å². The van der Waals surface area contributed by atoms with E-state index in [1.54, 1.807) is 14.0 Å². The van der Waals surface area contributed by atoms with Gasteiger partial charge in [-0.1, -0.05) is 12.1 Å². The van der Waals surface area contributed by atoms with Crippen LogP contribution in [0.25, 0.3) is 11.1 Å². The SMILES string of the molecule is COc1ccc(C2CCCN2C(=O)c2c(C)oc3nc[nH]c(=O)c23)cc1. The van der Waals surface area contributed by atoms with E-state index in [0.717, 1.165) is 24.2 Å². The lowest BCUT2D eigenvalue weighted by Gasteiger charge is -2.25. The third-order valence-electron chi connectivity index (χ3n) is 4.90. The van der Waals surface area contributed by atoms with Crippen molar-refractivity contribution in [3.8, 4) is 5.75 Å². The molecular formula is C19H19N3O4. The highest BCUT2D eigenvalue weighted by Gasteiger charge is 2.34. The van der Waals surface area contributed by atoms with E-state index in [2.05, 4.69) is 9.97 Å². The molecule has 1 saturated heterocycles. The van der Waals surface area contributed by atoms with Gasteiger partial charge in [0.2, 0.25) is 5.71 Å². The summed E-state index contributed by atoms with van der Waals surface area (Å²) in [5.41, 5.74) is 1.18. The van der Waals surface area contributed by atoms with Gasteiger partial charge in [-0.15, -0.1) is 0 Å². The van der Waals surface area contributed by atoms with Crippen molar-refractivity contribution in [2.45, 2.75) is 25.8 Å². The van der Waals surface area contributed by atoms with Gasteiger partial charge in [-0.2, -0.15) is 0 Å². The highest BCUT2D eigenvalue weighted by molar-refractivity contribution is 6.06. The molecule has 7 nitrogen and oxygen atoms in total. The lowest BCUT2D eigenvalue weighted by molar-refractivity contribution is 0.0735. The lowest BCUT2D eigenvalue weighted by Crippen LogP contribution is -2.31. The number of nitrogens with zero attached hydrogens (tertiary/aromatic N) is 2. The molecular weight excluding hydrogens is 334 g/mol. The Bertz CT molecular complexity index is 1020. The van der Waals surface area contributed by atoms with Crippen molar-refractivity contribution in [2.75, 3.05) is 13.7 Å². The minimum Gasteiger partial charge on any atom is -0.497 e. The minimum atomic E-state index is -0.365. The van der Waals surface area contributed by atoms with Crippen LogP contribution >= 0.6 is 0 Å². The van der Waals surface area contributed by atoms with Gasteiger partial charge in [0.1, 0.15) is 16.9 Å². The van der Waals surface area contributed by atoms with E-state index in [4.69, 9.17) is 9.15 Å². The van der Waals surface area contributed by atoms with E-state index in [0.29, 0.717) is 17.9 Å². The van der Waals surface area contributed by atoms with Crippen molar-refractivity contribution in [2.24, 2.45) is 0 Å². The molecule has 1 fully saturated rings. The molecule has 1 N–H and O–H groups in total. The predicted octanol–water partition coefficient (Wildman–Crippen LogP) is 2.81. The number of furan rings is 1. The largest absolute Gasteiger partial charge is 0.497 e. The van der Waals surface area contributed by atoms with Crippen LogP contribution in [0, 0.1) is 6.92 Å². The fourth-order valence-corrected chi connectivity index (χ4v) is 3.64. The van der Waals surface area contributed by atoms with Crippen LogP contribution in [0.1, 0.15) is 40.6 Å². The van der Waals surface area contributed by atoms with Gasteiger partial charge >= 0.3 is 0 Å². The first-order chi connectivity index (χ1) is 12.6. The molecule has 1 aliphatic heterocycles. The smallest absolute Gasteiger partial charge is 0.262 e. The summed E-state index contributed by atoms with van der Waals surface area (Å²) in [4.78, 5) is 33.8. The van der Waals surface area contributed by atoms with E-state index < -0.39 is 0 Å². The molecule has 1 amide bonds. The number of ether oxygens (including phenoxy) is 1. The molecule has 0 radical (unpaired) electrons.